The summed E-state index contributed by atoms with van der Waals surface area (Å²) in [6.45, 7) is 1.80. The Morgan fingerprint density at radius 2 is 2.00 bits per heavy atom. The van der Waals surface area contributed by atoms with Gasteiger partial charge in [0.05, 0.1) is 17.4 Å². The van der Waals surface area contributed by atoms with Crippen LogP contribution in [-0.4, -0.2) is 67.3 Å². The average molecular weight is 638 g/mol. The van der Waals surface area contributed by atoms with Crippen molar-refractivity contribution in [2.75, 3.05) is 19.6 Å². The second kappa shape index (κ2) is 11.2. The van der Waals surface area contributed by atoms with Crippen molar-refractivity contribution in [2.24, 2.45) is 23.8 Å². The molecule has 1 spiro atoms. The minimum Gasteiger partial charge on any atom is -0.484 e. The molecule has 0 bridgehead atoms. The number of alkyl halides is 2. The van der Waals surface area contributed by atoms with Crippen molar-refractivity contribution in [1.29, 1.82) is 0 Å². The maximum atomic E-state index is 15.8. The quantitative estimate of drug-likeness (QED) is 0.440. The predicted octanol–water partition coefficient (Wildman–Crippen LogP) is 4.84. The number of hydrogen-bond donors (Lipinski definition) is 1. The van der Waals surface area contributed by atoms with E-state index in [2.05, 4.69) is 10.3 Å². The van der Waals surface area contributed by atoms with Gasteiger partial charge in [-0.25, -0.2) is 17.9 Å². The average Bonchev–Trinajstić information content (AvgIpc) is 3.50. The molecule has 3 fully saturated rings. The van der Waals surface area contributed by atoms with Crippen molar-refractivity contribution in [1.82, 2.24) is 24.8 Å². The van der Waals surface area contributed by atoms with Gasteiger partial charge in [0, 0.05) is 43.7 Å². The van der Waals surface area contributed by atoms with Gasteiger partial charge in [-0.15, -0.1) is 5.10 Å². The molecule has 1 saturated heterocycles. The van der Waals surface area contributed by atoms with Crippen LogP contribution >= 0.6 is 11.6 Å². The molecule has 2 amide bonds. The first kappa shape index (κ1) is 30.7. The van der Waals surface area contributed by atoms with E-state index in [1.54, 1.807) is 16.7 Å². The SMILES string of the molecule is Cn1nnc(COc2c(F)cc(Cl)c3c2[C@@H](CN2CC4(CC4)CC2=O)N(C(=O)C2CCCCC2(C)C(=O)O)CC3)c1C(F)F. The number of amides is 2. The number of benzene rings is 1. The summed E-state index contributed by atoms with van der Waals surface area (Å²) in [5.41, 5.74) is -1.21. The summed E-state index contributed by atoms with van der Waals surface area (Å²) in [5, 5.41) is 17.7. The number of aryl methyl sites for hydroxylation is 1. The van der Waals surface area contributed by atoms with E-state index in [4.69, 9.17) is 16.3 Å². The highest BCUT2D eigenvalue weighted by Crippen LogP contribution is 2.54. The number of carbonyl (C=O) groups excluding carboxylic acids is 2. The molecule has 6 rings (SSSR count). The highest BCUT2D eigenvalue weighted by molar-refractivity contribution is 6.31. The lowest BCUT2D eigenvalue weighted by Gasteiger charge is -2.45. The van der Waals surface area contributed by atoms with Crippen molar-refractivity contribution < 1.29 is 37.4 Å². The Morgan fingerprint density at radius 3 is 2.66 bits per heavy atom. The monoisotopic (exact) mass is 637 g/mol. The lowest BCUT2D eigenvalue weighted by Crippen LogP contribution is -2.52. The van der Waals surface area contributed by atoms with E-state index in [1.165, 1.54) is 7.05 Å². The standard InChI is InChI=1S/C30H35ClF3N5O5/c1-29(28(42)43)7-4-3-5-17(29)27(41)39-10-6-16-18(31)11-19(32)25(44-14-20-24(26(33)34)37(2)36-35-20)23(16)21(39)13-38-15-30(8-9-30)12-22(38)40/h11,17,21,26H,3-10,12-15H2,1-2H3,(H,42,43)/t17?,21-,29?/m1/s1. The Bertz CT molecular complexity index is 1510. The van der Waals surface area contributed by atoms with Gasteiger partial charge in [-0.2, -0.15) is 0 Å². The zero-order chi connectivity index (χ0) is 31.6. The molecule has 2 aromatic rings. The van der Waals surface area contributed by atoms with Crippen molar-refractivity contribution in [2.45, 2.75) is 77.4 Å². The normalized spacial score (nSPS) is 25.9. The molecule has 2 aliphatic carbocycles. The second-order valence-corrected chi connectivity index (χ2v) is 13.4. The zero-order valence-electron chi connectivity index (χ0n) is 24.6. The Labute approximate surface area is 257 Å². The van der Waals surface area contributed by atoms with Gasteiger partial charge >= 0.3 is 5.97 Å². The molecule has 14 heteroatoms. The number of likely N-dealkylation sites (tertiary alicyclic amines) is 1. The number of carboxylic acid groups (broad SMARTS) is 1. The van der Waals surface area contributed by atoms with Crippen LogP contribution in [0.15, 0.2) is 6.07 Å². The van der Waals surface area contributed by atoms with Gasteiger partial charge in [0.1, 0.15) is 18.0 Å². The molecule has 1 N–H and O–H groups in total. The summed E-state index contributed by atoms with van der Waals surface area (Å²) < 4.78 is 50.0. The van der Waals surface area contributed by atoms with Crippen molar-refractivity contribution >= 4 is 29.4 Å². The fraction of sp³-hybridized carbons (Fsp3) is 0.633. The molecule has 1 aromatic heterocycles. The highest BCUT2D eigenvalue weighted by Gasteiger charge is 2.54. The Kier molecular flexibility index (Phi) is 7.82. The van der Waals surface area contributed by atoms with Crippen LogP contribution in [0.5, 0.6) is 5.75 Å². The lowest BCUT2D eigenvalue weighted by molar-refractivity contribution is -0.162. The minimum absolute atomic E-state index is 0.0411. The van der Waals surface area contributed by atoms with Gasteiger partial charge in [0.25, 0.3) is 6.43 Å². The first-order valence-corrected chi connectivity index (χ1v) is 15.3. The van der Waals surface area contributed by atoms with Crippen LogP contribution in [-0.2, 0) is 34.5 Å². The summed E-state index contributed by atoms with van der Waals surface area (Å²) in [4.78, 5) is 43.2. The van der Waals surface area contributed by atoms with Crippen LogP contribution in [0.2, 0.25) is 5.02 Å². The molecule has 238 valence electrons. The van der Waals surface area contributed by atoms with Crippen molar-refractivity contribution in [3.63, 3.8) is 0 Å². The smallest absolute Gasteiger partial charge is 0.310 e. The van der Waals surface area contributed by atoms with Crippen LogP contribution < -0.4 is 4.74 Å². The van der Waals surface area contributed by atoms with Gasteiger partial charge in [-0.3, -0.25) is 14.4 Å². The number of halogens is 4. The number of carboxylic acids is 1. The summed E-state index contributed by atoms with van der Waals surface area (Å²) in [7, 11) is 1.32. The number of hydrogen-bond acceptors (Lipinski definition) is 6. The first-order chi connectivity index (χ1) is 20.8. The van der Waals surface area contributed by atoms with E-state index in [1.807, 2.05) is 0 Å². The fourth-order valence-corrected chi connectivity index (χ4v) is 7.67. The highest BCUT2D eigenvalue weighted by atomic mass is 35.5. The topological polar surface area (TPSA) is 118 Å². The molecule has 3 atom stereocenters. The van der Waals surface area contributed by atoms with Crippen LogP contribution in [0, 0.1) is 22.6 Å². The van der Waals surface area contributed by atoms with E-state index < -0.39 is 47.9 Å². The Morgan fingerprint density at radius 1 is 1.25 bits per heavy atom. The molecule has 4 aliphatic rings. The lowest BCUT2D eigenvalue weighted by atomic mass is 9.66. The molecule has 0 radical (unpaired) electrons. The number of nitrogens with zero attached hydrogens (tertiary/aromatic N) is 5. The summed E-state index contributed by atoms with van der Waals surface area (Å²) in [5.74, 6) is -3.43. The van der Waals surface area contributed by atoms with E-state index in [0.29, 0.717) is 44.2 Å². The zero-order valence-corrected chi connectivity index (χ0v) is 25.4. The summed E-state index contributed by atoms with van der Waals surface area (Å²) >= 11 is 6.55. The third-order valence-corrected chi connectivity index (χ3v) is 10.5. The Hall–Kier alpha value is -3.35. The fourth-order valence-electron chi connectivity index (χ4n) is 7.38. The van der Waals surface area contributed by atoms with Gasteiger partial charge < -0.3 is 19.6 Å². The molecule has 10 nitrogen and oxygen atoms in total. The number of aliphatic carboxylic acids is 1. The maximum Gasteiger partial charge on any atom is 0.310 e. The van der Waals surface area contributed by atoms with Gasteiger partial charge in [-0.05, 0) is 56.1 Å². The number of carbonyl (C=O) groups is 3. The summed E-state index contributed by atoms with van der Waals surface area (Å²) in [6, 6.07) is 0.196. The van der Waals surface area contributed by atoms with E-state index in [-0.39, 0.29) is 58.8 Å². The van der Waals surface area contributed by atoms with Gasteiger partial charge in [-0.1, -0.05) is 29.7 Å². The number of rotatable bonds is 8. The molecular formula is C30H35ClF3N5O5. The van der Waals surface area contributed by atoms with Crippen LogP contribution in [0.3, 0.4) is 0 Å². The Balaban J connectivity index is 1.41. The maximum absolute atomic E-state index is 15.8. The molecule has 44 heavy (non-hydrogen) atoms. The predicted molar refractivity (Wildman–Crippen MR) is 150 cm³/mol. The van der Waals surface area contributed by atoms with Crippen LogP contribution in [0.4, 0.5) is 13.2 Å². The molecular weight excluding hydrogens is 603 g/mol. The van der Waals surface area contributed by atoms with Crippen LogP contribution in [0.1, 0.15) is 86.9 Å². The minimum atomic E-state index is -2.89. The van der Waals surface area contributed by atoms with E-state index in [0.717, 1.165) is 23.6 Å². The molecule has 1 aromatic carbocycles. The number of fused-ring (bicyclic) bond motifs is 1. The third-order valence-electron chi connectivity index (χ3n) is 10.2. The molecule has 2 unspecified atom stereocenters. The number of ether oxygens (including phenoxy) is 1. The van der Waals surface area contributed by atoms with Gasteiger partial charge in [0.15, 0.2) is 11.6 Å². The molecule has 3 heterocycles. The molecule has 2 saturated carbocycles. The van der Waals surface area contributed by atoms with Crippen molar-refractivity contribution in [3.05, 3.63) is 39.4 Å². The van der Waals surface area contributed by atoms with Crippen LogP contribution in [0.25, 0.3) is 0 Å². The third kappa shape index (κ3) is 5.20. The second-order valence-electron chi connectivity index (χ2n) is 13.0. The largest absolute Gasteiger partial charge is 0.484 e. The first-order valence-electron chi connectivity index (χ1n) is 15.0. The molecule has 2 aliphatic heterocycles. The van der Waals surface area contributed by atoms with E-state index >= 15 is 4.39 Å². The van der Waals surface area contributed by atoms with E-state index in [9.17, 15) is 28.3 Å². The van der Waals surface area contributed by atoms with Crippen molar-refractivity contribution in [3.8, 4) is 5.75 Å². The number of aromatic nitrogens is 3. The van der Waals surface area contributed by atoms with Gasteiger partial charge in [0.2, 0.25) is 11.8 Å². The summed E-state index contributed by atoms with van der Waals surface area (Å²) in [6.07, 6.45) is 1.71.